The van der Waals surface area contributed by atoms with Crippen molar-refractivity contribution in [2.24, 2.45) is 11.8 Å². The van der Waals surface area contributed by atoms with Gasteiger partial charge in [-0.15, -0.1) is 0 Å². The van der Waals surface area contributed by atoms with Gasteiger partial charge in [-0.3, -0.25) is 9.59 Å². The summed E-state index contributed by atoms with van der Waals surface area (Å²) in [5, 5.41) is 11.6. The Labute approximate surface area is 120 Å². The van der Waals surface area contributed by atoms with Gasteiger partial charge in [-0.25, -0.2) is 4.39 Å². The van der Waals surface area contributed by atoms with Gasteiger partial charge in [0.05, 0.1) is 10.9 Å². The van der Waals surface area contributed by atoms with E-state index in [1.807, 2.05) is 0 Å². The molecule has 0 unspecified atom stereocenters. The van der Waals surface area contributed by atoms with E-state index in [4.69, 9.17) is 16.7 Å². The summed E-state index contributed by atoms with van der Waals surface area (Å²) in [7, 11) is 0. The van der Waals surface area contributed by atoms with Crippen LogP contribution in [0.2, 0.25) is 5.02 Å². The summed E-state index contributed by atoms with van der Waals surface area (Å²) in [5.74, 6) is -2.18. The number of rotatable bonds is 4. The van der Waals surface area contributed by atoms with Gasteiger partial charge in [0.25, 0.3) is 0 Å². The fraction of sp³-hybridized carbons (Fsp3) is 0.429. The lowest BCUT2D eigenvalue weighted by Crippen LogP contribution is -2.29. The van der Waals surface area contributed by atoms with Gasteiger partial charge in [0, 0.05) is 12.5 Å². The molecule has 2 N–H and O–H groups in total. The number of carboxylic acid groups (broad SMARTS) is 1. The monoisotopic (exact) mass is 299 g/mol. The van der Waals surface area contributed by atoms with Crippen molar-refractivity contribution in [1.82, 2.24) is 5.32 Å². The molecule has 0 spiro atoms. The second-order valence-electron chi connectivity index (χ2n) is 5.01. The van der Waals surface area contributed by atoms with E-state index in [2.05, 4.69) is 5.32 Å². The molecule has 6 heteroatoms. The molecule has 20 heavy (non-hydrogen) atoms. The van der Waals surface area contributed by atoms with E-state index in [0.29, 0.717) is 24.8 Å². The second kappa shape index (κ2) is 6.22. The van der Waals surface area contributed by atoms with Gasteiger partial charge in [0.15, 0.2) is 0 Å². The molecule has 0 bridgehead atoms. The maximum absolute atomic E-state index is 13.0. The Morgan fingerprint density at radius 3 is 2.65 bits per heavy atom. The van der Waals surface area contributed by atoms with Crippen molar-refractivity contribution in [2.45, 2.75) is 25.8 Å². The fourth-order valence-electron chi connectivity index (χ4n) is 2.43. The maximum Gasteiger partial charge on any atom is 0.306 e. The lowest BCUT2D eigenvalue weighted by Gasteiger charge is -2.11. The minimum Gasteiger partial charge on any atom is -0.481 e. The first kappa shape index (κ1) is 14.8. The smallest absolute Gasteiger partial charge is 0.306 e. The zero-order valence-corrected chi connectivity index (χ0v) is 11.5. The van der Waals surface area contributed by atoms with Crippen LogP contribution in [-0.4, -0.2) is 17.0 Å². The van der Waals surface area contributed by atoms with Crippen LogP contribution < -0.4 is 5.32 Å². The average Bonchev–Trinajstić information content (AvgIpc) is 2.89. The van der Waals surface area contributed by atoms with Gasteiger partial charge in [-0.2, -0.15) is 0 Å². The van der Waals surface area contributed by atoms with E-state index in [-0.39, 0.29) is 23.4 Å². The summed E-state index contributed by atoms with van der Waals surface area (Å²) in [6.07, 6.45) is 1.51. The van der Waals surface area contributed by atoms with E-state index in [0.717, 1.165) is 0 Å². The Hall–Kier alpha value is -1.62. The number of benzene rings is 1. The van der Waals surface area contributed by atoms with Crippen molar-refractivity contribution in [2.75, 3.05) is 0 Å². The van der Waals surface area contributed by atoms with E-state index in [1.165, 1.54) is 12.1 Å². The van der Waals surface area contributed by atoms with Gasteiger partial charge in [-0.05, 0) is 37.0 Å². The Morgan fingerprint density at radius 1 is 1.35 bits per heavy atom. The van der Waals surface area contributed by atoms with Crippen molar-refractivity contribution in [1.29, 1.82) is 0 Å². The molecule has 4 nitrogen and oxygen atoms in total. The van der Waals surface area contributed by atoms with Gasteiger partial charge in [0.1, 0.15) is 5.82 Å². The predicted octanol–water partition coefficient (Wildman–Crippen LogP) is 2.60. The second-order valence-corrected chi connectivity index (χ2v) is 5.42. The lowest BCUT2D eigenvalue weighted by molar-refractivity contribution is -0.141. The molecule has 1 aromatic carbocycles. The molecule has 0 radical (unpaired) electrons. The van der Waals surface area contributed by atoms with Crippen LogP contribution in [0.5, 0.6) is 0 Å². The predicted molar refractivity (Wildman–Crippen MR) is 71.7 cm³/mol. The molecule has 1 saturated carbocycles. The highest BCUT2D eigenvalue weighted by atomic mass is 35.5. The normalized spacial score (nSPS) is 21.7. The molecule has 1 amide bonds. The van der Waals surface area contributed by atoms with Gasteiger partial charge in [-0.1, -0.05) is 17.7 Å². The number of aliphatic carboxylic acids is 1. The number of amides is 1. The topological polar surface area (TPSA) is 66.4 Å². The van der Waals surface area contributed by atoms with Crippen LogP contribution in [0.15, 0.2) is 18.2 Å². The molecule has 1 aliphatic carbocycles. The summed E-state index contributed by atoms with van der Waals surface area (Å²) >= 11 is 5.66. The van der Waals surface area contributed by atoms with Gasteiger partial charge in [0.2, 0.25) is 5.91 Å². The van der Waals surface area contributed by atoms with Crippen LogP contribution in [0, 0.1) is 17.7 Å². The SMILES string of the molecule is O=C(O)[C@@H]1CC[C@H](C(=O)NCc2ccc(F)c(Cl)c2)C1. The average molecular weight is 300 g/mol. The van der Waals surface area contributed by atoms with E-state index >= 15 is 0 Å². The molecule has 0 heterocycles. The minimum absolute atomic E-state index is 0.0172. The molecule has 0 saturated heterocycles. The third-order valence-corrected chi connectivity index (χ3v) is 3.89. The Bertz CT molecular complexity index is 535. The quantitative estimate of drug-likeness (QED) is 0.898. The molecular weight excluding hydrogens is 285 g/mol. The summed E-state index contributed by atoms with van der Waals surface area (Å²) in [6.45, 7) is 0.257. The highest BCUT2D eigenvalue weighted by molar-refractivity contribution is 6.30. The maximum atomic E-state index is 13.0. The molecule has 2 rings (SSSR count). The summed E-state index contributed by atoms with van der Waals surface area (Å²) in [6, 6.07) is 4.27. The summed E-state index contributed by atoms with van der Waals surface area (Å²) in [4.78, 5) is 22.8. The number of hydrogen-bond acceptors (Lipinski definition) is 2. The molecule has 108 valence electrons. The Kier molecular flexibility index (Phi) is 4.60. The standard InChI is InChI=1S/C14H15ClFNO3/c15-11-5-8(1-4-12(11)16)7-17-13(18)9-2-3-10(6-9)14(19)20/h1,4-5,9-10H,2-3,6-7H2,(H,17,18)(H,19,20)/t9-,10+/m0/s1. The van der Waals surface area contributed by atoms with Crippen LogP contribution in [0.1, 0.15) is 24.8 Å². The number of carbonyl (C=O) groups excluding carboxylic acids is 1. The van der Waals surface area contributed by atoms with Crippen LogP contribution in [0.4, 0.5) is 4.39 Å². The molecule has 0 aromatic heterocycles. The van der Waals surface area contributed by atoms with Crippen molar-refractivity contribution in [3.63, 3.8) is 0 Å². The van der Waals surface area contributed by atoms with Gasteiger partial charge < -0.3 is 10.4 Å². The number of halogens is 2. The fourth-order valence-corrected chi connectivity index (χ4v) is 2.63. The Morgan fingerprint density at radius 2 is 2.05 bits per heavy atom. The first-order valence-corrected chi connectivity index (χ1v) is 6.79. The molecule has 1 fully saturated rings. The van der Waals surface area contributed by atoms with Crippen molar-refractivity contribution in [3.05, 3.63) is 34.6 Å². The van der Waals surface area contributed by atoms with Crippen molar-refractivity contribution < 1.29 is 19.1 Å². The van der Waals surface area contributed by atoms with Crippen molar-refractivity contribution >= 4 is 23.5 Å². The van der Waals surface area contributed by atoms with Crippen molar-refractivity contribution in [3.8, 4) is 0 Å². The zero-order chi connectivity index (χ0) is 14.7. The zero-order valence-electron chi connectivity index (χ0n) is 10.7. The molecule has 1 aromatic rings. The van der Waals surface area contributed by atoms with Crippen LogP contribution in [-0.2, 0) is 16.1 Å². The number of carbonyl (C=O) groups is 2. The Balaban J connectivity index is 1.86. The third kappa shape index (κ3) is 3.48. The van der Waals surface area contributed by atoms with E-state index in [1.54, 1.807) is 6.07 Å². The molecule has 1 aliphatic rings. The van der Waals surface area contributed by atoms with Gasteiger partial charge >= 0.3 is 5.97 Å². The number of nitrogens with one attached hydrogen (secondary N) is 1. The third-order valence-electron chi connectivity index (χ3n) is 3.60. The first-order valence-electron chi connectivity index (χ1n) is 6.42. The minimum atomic E-state index is -0.842. The van der Waals surface area contributed by atoms with Crippen LogP contribution in [0.25, 0.3) is 0 Å². The van der Waals surface area contributed by atoms with Crippen LogP contribution in [0.3, 0.4) is 0 Å². The molecule has 0 aliphatic heterocycles. The molecular formula is C14H15ClFNO3. The highest BCUT2D eigenvalue weighted by Crippen LogP contribution is 2.31. The first-order chi connectivity index (χ1) is 9.47. The van der Waals surface area contributed by atoms with Crippen LogP contribution >= 0.6 is 11.6 Å². The van der Waals surface area contributed by atoms with E-state index in [9.17, 15) is 14.0 Å². The summed E-state index contributed by atoms with van der Waals surface area (Å²) in [5.41, 5.74) is 0.706. The lowest BCUT2D eigenvalue weighted by atomic mass is 10.0. The largest absolute Gasteiger partial charge is 0.481 e. The summed E-state index contributed by atoms with van der Waals surface area (Å²) < 4.78 is 13.0. The number of hydrogen-bond donors (Lipinski definition) is 2. The molecule has 2 atom stereocenters. The number of carboxylic acids is 1. The highest BCUT2D eigenvalue weighted by Gasteiger charge is 2.33. The van der Waals surface area contributed by atoms with E-state index < -0.39 is 17.7 Å².